The van der Waals surface area contributed by atoms with Gasteiger partial charge in [-0.1, -0.05) is 24.3 Å². The number of rotatable bonds is 6. The molecule has 3 rings (SSSR count). The van der Waals surface area contributed by atoms with Gasteiger partial charge in [0.2, 0.25) is 11.8 Å². The lowest BCUT2D eigenvalue weighted by molar-refractivity contribution is -0.124. The van der Waals surface area contributed by atoms with Gasteiger partial charge in [-0.05, 0) is 43.2 Å². The van der Waals surface area contributed by atoms with E-state index in [1.807, 2.05) is 38.1 Å². The van der Waals surface area contributed by atoms with Crippen molar-refractivity contribution in [2.45, 2.75) is 26.8 Å². The largest absolute Gasteiger partial charge is 0.347 e. The topological polar surface area (TPSA) is 93.1 Å². The Kier molecular flexibility index (Phi) is 5.84. The monoisotopic (exact) mass is 378 g/mol. The Hall–Kier alpha value is -3.48. The molecular formula is C21H22N4O3. The molecule has 0 fully saturated rings. The minimum Gasteiger partial charge on any atom is -0.347 e. The Labute approximate surface area is 162 Å². The molecule has 2 aromatic carbocycles. The normalized spacial score (nSPS) is 10.6. The SMILES string of the molecule is Cc1cccc(NC(=O)CNC(=O)CCn2cnc3ccccc3c2=O)c1C. The molecular weight excluding hydrogens is 356 g/mol. The van der Waals surface area contributed by atoms with Gasteiger partial charge in [0.1, 0.15) is 0 Å². The van der Waals surface area contributed by atoms with Crippen LogP contribution in [0.15, 0.2) is 53.6 Å². The highest BCUT2D eigenvalue weighted by Gasteiger charge is 2.09. The van der Waals surface area contributed by atoms with Crippen molar-refractivity contribution in [1.29, 1.82) is 0 Å². The third-order valence-corrected chi connectivity index (χ3v) is 4.64. The second kappa shape index (κ2) is 8.47. The average Bonchev–Trinajstić information content (AvgIpc) is 2.69. The summed E-state index contributed by atoms with van der Waals surface area (Å²) in [5, 5.41) is 5.88. The van der Waals surface area contributed by atoms with Crippen LogP contribution in [0.5, 0.6) is 0 Å². The number of carbonyl (C=O) groups excluding carboxylic acids is 2. The number of amides is 2. The summed E-state index contributed by atoms with van der Waals surface area (Å²) in [6.07, 6.45) is 1.52. The van der Waals surface area contributed by atoms with Gasteiger partial charge in [0.25, 0.3) is 5.56 Å². The highest BCUT2D eigenvalue weighted by Crippen LogP contribution is 2.17. The van der Waals surface area contributed by atoms with Crippen molar-refractivity contribution < 1.29 is 9.59 Å². The highest BCUT2D eigenvalue weighted by atomic mass is 16.2. The number of hydrogen-bond donors (Lipinski definition) is 2. The number of nitrogens with one attached hydrogen (secondary N) is 2. The molecule has 0 radical (unpaired) electrons. The fourth-order valence-electron chi connectivity index (χ4n) is 2.84. The minimum atomic E-state index is -0.309. The summed E-state index contributed by atoms with van der Waals surface area (Å²) < 4.78 is 1.40. The van der Waals surface area contributed by atoms with Gasteiger partial charge in [-0.2, -0.15) is 0 Å². The maximum absolute atomic E-state index is 12.4. The third-order valence-electron chi connectivity index (χ3n) is 4.64. The van der Waals surface area contributed by atoms with Gasteiger partial charge in [0.05, 0.1) is 23.8 Å². The Morgan fingerprint density at radius 3 is 2.64 bits per heavy atom. The zero-order valence-electron chi connectivity index (χ0n) is 15.9. The number of aryl methyl sites for hydroxylation is 2. The van der Waals surface area contributed by atoms with Crippen molar-refractivity contribution in [3.63, 3.8) is 0 Å². The van der Waals surface area contributed by atoms with Gasteiger partial charge < -0.3 is 10.6 Å². The van der Waals surface area contributed by atoms with Gasteiger partial charge in [-0.15, -0.1) is 0 Å². The van der Waals surface area contributed by atoms with Crippen LogP contribution in [-0.4, -0.2) is 27.9 Å². The van der Waals surface area contributed by atoms with E-state index in [9.17, 15) is 14.4 Å². The number of aromatic nitrogens is 2. The van der Waals surface area contributed by atoms with Crippen molar-refractivity contribution in [3.8, 4) is 0 Å². The van der Waals surface area contributed by atoms with Crippen LogP contribution in [0.4, 0.5) is 5.69 Å². The molecule has 2 N–H and O–H groups in total. The molecule has 0 bridgehead atoms. The van der Waals surface area contributed by atoms with Crippen molar-refractivity contribution in [1.82, 2.24) is 14.9 Å². The second-order valence-electron chi connectivity index (χ2n) is 6.58. The second-order valence-corrected chi connectivity index (χ2v) is 6.58. The molecule has 0 saturated heterocycles. The van der Waals surface area contributed by atoms with Crippen LogP contribution in [0.2, 0.25) is 0 Å². The maximum Gasteiger partial charge on any atom is 0.261 e. The van der Waals surface area contributed by atoms with Crippen LogP contribution in [0.1, 0.15) is 17.5 Å². The molecule has 0 aliphatic carbocycles. The number of para-hydroxylation sites is 1. The Bertz CT molecular complexity index is 1090. The predicted molar refractivity (Wildman–Crippen MR) is 108 cm³/mol. The molecule has 144 valence electrons. The quantitative estimate of drug-likeness (QED) is 0.687. The Balaban J connectivity index is 1.52. The van der Waals surface area contributed by atoms with E-state index < -0.39 is 0 Å². The van der Waals surface area contributed by atoms with Gasteiger partial charge >= 0.3 is 0 Å². The standard InChI is InChI=1S/C21H22N4O3/c1-14-6-5-9-17(15(14)2)24-20(27)12-22-19(26)10-11-25-13-23-18-8-4-3-7-16(18)21(25)28/h3-9,13H,10-12H2,1-2H3,(H,22,26)(H,24,27). The summed E-state index contributed by atoms with van der Waals surface area (Å²) in [6.45, 7) is 3.97. The van der Waals surface area contributed by atoms with E-state index in [0.29, 0.717) is 10.9 Å². The van der Waals surface area contributed by atoms with Gasteiger partial charge in [0, 0.05) is 18.7 Å². The molecule has 0 saturated carbocycles. The van der Waals surface area contributed by atoms with Crippen LogP contribution < -0.4 is 16.2 Å². The van der Waals surface area contributed by atoms with Crippen molar-refractivity contribution in [3.05, 3.63) is 70.3 Å². The molecule has 28 heavy (non-hydrogen) atoms. The zero-order valence-corrected chi connectivity index (χ0v) is 15.9. The molecule has 1 aromatic heterocycles. The molecule has 7 heteroatoms. The first kappa shape index (κ1) is 19.3. The molecule has 7 nitrogen and oxygen atoms in total. The van der Waals surface area contributed by atoms with Crippen LogP contribution in [0, 0.1) is 13.8 Å². The van der Waals surface area contributed by atoms with E-state index in [4.69, 9.17) is 0 Å². The van der Waals surface area contributed by atoms with Crippen LogP contribution in [0.25, 0.3) is 10.9 Å². The number of nitrogens with zero attached hydrogens (tertiary/aromatic N) is 2. The first-order chi connectivity index (χ1) is 13.5. The third kappa shape index (κ3) is 4.43. The smallest absolute Gasteiger partial charge is 0.261 e. The fourth-order valence-corrected chi connectivity index (χ4v) is 2.84. The van der Waals surface area contributed by atoms with E-state index in [2.05, 4.69) is 15.6 Å². The summed E-state index contributed by atoms with van der Waals surface area (Å²) in [5.74, 6) is -0.609. The maximum atomic E-state index is 12.4. The van der Waals surface area contributed by atoms with E-state index in [1.165, 1.54) is 10.9 Å². The fraction of sp³-hybridized carbons (Fsp3) is 0.238. The van der Waals surface area contributed by atoms with Crippen molar-refractivity contribution in [2.75, 3.05) is 11.9 Å². The average molecular weight is 378 g/mol. The van der Waals surface area contributed by atoms with Crippen LogP contribution in [-0.2, 0) is 16.1 Å². The molecule has 0 aliphatic rings. The summed E-state index contributed by atoms with van der Waals surface area (Å²) in [7, 11) is 0. The number of anilines is 1. The highest BCUT2D eigenvalue weighted by molar-refractivity contribution is 5.95. The van der Waals surface area contributed by atoms with E-state index in [1.54, 1.807) is 18.2 Å². The van der Waals surface area contributed by atoms with Crippen molar-refractivity contribution >= 4 is 28.4 Å². The van der Waals surface area contributed by atoms with E-state index in [-0.39, 0.29) is 36.9 Å². The zero-order chi connectivity index (χ0) is 20.1. The molecule has 1 heterocycles. The Morgan fingerprint density at radius 1 is 1.04 bits per heavy atom. The number of benzene rings is 2. The van der Waals surface area contributed by atoms with Crippen molar-refractivity contribution in [2.24, 2.45) is 0 Å². The summed E-state index contributed by atoms with van der Waals surface area (Å²) in [6, 6.07) is 12.7. The minimum absolute atomic E-state index is 0.0800. The van der Waals surface area contributed by atoms with E-state index >= 15 is 0 Å². The number of fused-ring (bicyclic) bond motifs is 1. The van der Waals surface area contributed by atoms with Gasteiger partial charge in [-0.25, -0.2) is 4.98 Å². The molecule has 0 unspecified atom stereocenters. The van der Waals surface area contributed by atoms with Gasteiger partial charge in [-0.3, -0.25) is 19.0 Å². The lowest BCUT2D eigenvalue weighted by Gasteiger charge is -2.11. The molecule has 3 aromatic rings. The predicted octanol–water partition coefficient (Wildman–Crippen LogP) is 2.16. The molecule has 2 amide bonds. The number of carbonyl (C=O) groups is 2. The first-order valence-electron chi connectivity index (χ1n) is 9.02. The summed E-state index contributed by atoms with van der Waals surface area (Å²) in [5.41, 5.74) is 3.23. The molecule has 0 spiro atoms. The first-order valence-corrected chi connectivity index (χ1v) is 9.02. The van der Waals surface area contributed by atoms with E-state index in [0.717, 1.165) is 16.8 Å². The van der Waals surface area contributed by atoms with Crippen LogP contribution >= 0.6 is 0 Å². The van der Waals surface area contributed by atoms with Gasteiger partial charge in [0.15, 0.2) is 0 Å². The lowest BCUT2D eigenvalue weighted by Crippen LogP contribution is -2.34. The molecule has 0 aliphatic heterocycles. The summed E-state index contributed by atoms with van der Waals surface area (Å²) in [4.78, 5) is 40.7. The molecule has 0 atom stereocenters. The Morgan fingerprint density at radius 2 is 1.82 bits per heavy atom. The van der Waals surface area contributed by atoms with Crippen LogP contribution in [0.3, 0.4) is 0 Å². The lowest BCUT2D eigenvalue weighted by atomic mass is 10.1. The summed E-state index contributed by atoms with van der Waals surface area (Å²) >= 11 is 0. The number of hydrogen-bond acceptors (Lipinski definition) is 4.